The minimum Gasteiger partial charge on any atom is -0.497 e. The van der Waals surface area contributed by atoms with E-state index in [0.717, 1.165) is 17.0 Å². The molecule has 0 saturated carbocycles. The quantitative estimate of drug-likeness (QED) is 0.913. The molecule has 0 atom stereocenters. The van der Waals surface area contributed by atoms with E-state index < -0.39 is 11.7 Å². The minimum atomic E-state index is -4.36. The first-order valence-corrected chi connectivity index (χ1v) is 6.98. The molecule has 0 aliphatic heterocycles. The van der Waals surface area contributed by atoms with Crippen LogP contribution in [0, 0.1) is 0 Å². The van der Waals surface area contributed by atoms with Crippen LogP contribution in [0.4, 0.5) is 13.2 Å². The van der Waals surface area contributed by atoms with Crippen molar-refractivity contribution in [3.05, 3.63) is 53.6 Å². The van der Waals surface area contributed by atoms with Crippen molar-refractivity contribution in [1.82, 2.24) is 0 Å². The van der Waals surface area contributed by atoms with E-state index in [2.05, 4.69) is 0 Å². The van der Waals surface area contributed by atoms with Crippen LogP contribution in [0.25, 0.3) is 0 Å². The molecule has 0 radical (unpaired) electrons. The average molecular weight is 313 g/mol. The SMILES string of the molecule is COc1cccc(Sc2ccc(C(F)(F)F)cc2CN)c1. The zero-order valence-corrected chi connectivity index (χ0v) is 12.1. The number of rotatable bonds is 4. The normalized spacial score (nSPS) is 11.5. The van der Waals surface area contributed by atoms with E-state index in [4.69, 9.17) is 10.5 Å². The summed E-state index contributed by atoms with van der Waals surface area (Å²) < 4.78 is 43.2. The van der Waals surface area contributed by atoms with E-state index in [9.17, 15) is 13.2 Å². The Kier molecular flexibility index (Phi) is 4.80. The van der Waals surface area contributed by atoms with Crippen LogP contribution in [-0.4, -0.2) is 7.11 Å². The zero-order chi connectivity index (χ0) is 15.5. The highest BCUT2D eigenvalue weighted by Crippen LogP contribution is 2.36. The van der Waals surface area contributed by atoms with Crippen LogP contribution >= 0.6 is 11.8 Å². The van der Waals surface area contributed by atoms with Crippen LogP contribution in [0.1, 0.15) is 11.1 Å². The van der Waals surface area contributed by atoms with Crippen molar-refractivity contribution in [3.8, 4) is 5.75 Å². The van der Waals surface area contributed by atoms with E-state index in [1.807, 2.05) is 18.2 Å². The number of methoxy groups -OCH3 is 1. The third kappa shape index (κ3) is 3.92. The van der Waals surface area contributed by atoms with Gasteiger partial charge in [-0.15, -0.1) is 0 Å². The van der Waals surface area contributed by atoms with E-state index >= 15 is 0 Å². The predicted octanol–water partition coefficient (Wildman–Crippen LogP) is 4.32. The van der Waals surface area contributed by atoms with Crippen molar-refractivity contribution in [2.75, 3.05) is 7.11 Å². The predicted molar refractivity (Wildman–Crippen MR) is 76.5 cm³/mol. The number of halogens is 3. The molecular formula is C15H14F3NOS. The molecule has 2 aromatic carbocycles. The Bertz CT molecular complexity index is 629. The molecule has 0 fully saturated rings. The molecule has 0 heterocycles. The molecule has 2 aromatic rings. The van der Waals surface area contributed by atoms with E-state index in [1.165, 1.54) is 17.8 Å². The smallest absolute Gasteiger partial charge is 0.416 e. The van der Waals surface area contributed by atoms with E-state index in [1.54, 1.807) is 13.2 Å². The van der Waals surface area contributed by atoms with Crippen LogP contribution < -0.4 is 10.5 Å². The third-order valence-electron chi connectivity index (χ3n) is 2.88. The van der Waals surface area contributed by atoms with Gasteiger partial charge >= 0.3 is 6.18 Å². The van der Waals surface area contributed by atoms with Crippen LogP contribution in [0.15, 0.2) is 52.3 Å². The number of hydrogen-bond donors (Lipinski definition) is 1. The Labute approximate surface area is 125 Å². The maximum Gasteiger partial charge on any atom is 0.416 e. The van der Waals surface area contributed by atoms with Gasteiger partial charge in [0.2, 0.25) is 0 Å². The van der Waals surface area contributed by atoms with Gasteiger partial charge in [0.05, 0.1) is 12.7 Å². The Morgan fingerprint density at radius 3 is 2.52 bits per heavy atom. The monoisotopic (exact) mass is 313 g/mol. The molecule has 21 heavy (non-hydrogen) atoms. The number of alkyl halides is 3. The zero-order valence-electron chi connectivity index (χ0n) is 11.3. The van der Waals surface area contributed by atoms with Crippen LogP contribution in [0.2, 0.25) is 0 Å². The average Bonchev–Trinajstić information content (AvgIpc) is 2.46. The Morgan fingerprint density at radius 2 is 1.90 bits per heavy atom. The van der Waals surface area contributed by atoms with Crippen LogP contribution in [0.3, 0.4) is 0 Å². The molecular weight excluding hydrogens is 299 g/mol. The summed E-state index contributed by atoms with van der Waals surface area (Å²) in [4.78, 5) is 1.59. The Morgan fingerprint density at radius 1 is 1.14 bits per heavy atom. The maximum absolute atomic E-state index is 12.7. The fraction of sp³-hybridized carbons (Fsp3) is 0.200. The minimum absolute atomic E-state index is 0.0518. The van der Waals surface area contributed by atoms with Crippen molar-refractivity contribution in [1.29, 1.82) is 0 Å². The molecule has 0 aliphatic carbocycles. The lowest BCUT2D eigenvalue weighted by Crippen LogP contribution is -2.07. The third-order valence-corrected chi connectivity index (χ3v) is 3.98. The number of ether oxygens (including phenoxy) is 1. The van der Waals surface area contributed by atoms with E-state index in [0.29, 0.717) is 16.2 Å². The summed E-state index contributed by atoms with van der Waals surface area (Å²) in [5.41, 5.74) is 5.35. The summed E-state index contributed by atoms with van der Waals surface area (Å²) in [6, 6.07) is 10.9. The van der Waals surface area contributed by atoms with Crippen LogP contribution in [-0.2, 0) is 12.7 Å². The van der Waals surface area contributed by atoms with Gasteiger partial charge in [0.1, 0.15) is 5.75 Å². The van der Waals surface area contributed by atoms with E-state index in [-0.39, 0.29) is 6.54 Å². The Balaban J connectivity index is 2.31. The number of benzene rings is 2. The second-order valence-corrected chi connectivity index (χ2v) is 5.42. The van der Waals surface area contributed by atoms with Crippen molar-refractivity contribution >= 4 is 11.8 Å². The van der Waals surface area contributed by atoms with Gasteiger partial charge < -0.3 is 10.5 Å². The lowest BCUT2D eigenvalue weighted by Gasteiger charge is -2.12. The fourth-order valence-corrected chi connectivity index (χ4v) is 2.79. The molecule has 0 amide bonds. The summed E-state index contributed by atoms with van der Waals surface area (Å²) in [5, 5.41) is 0. The highest BCUT2D eigenvalue weighted by atomic mass is 32.2. The van der Waals surface area contributed by atoms with Crippen molar-refractivity contribution in [3.63, 3.8) is 0 Å². The lowest BCUT2D eigenvalue weighted by molar-refractivity contribution is -0.137. The molecule has 2 N–H and O–H groups in total. The highest BCUT2D eigenvalue weighted by molar-refractivity contribution is 7.99. The van der Waals surface area contributed by atoms with Gasteiger partial charge in [-0.05, 0) is 42.0 Å². The van der Waals surface area contributed by atoms with Gasteiger partial charge in [-0.25, -0.2) is 0 Å². The van der Waals surface area contributed by atoms with Gasteiger partial charge in [-0.2, -0.15) is 13.2 Å². The molecule has 112 valence electrons. The van der Waals surface area contributed by atoms with Gasteiger partial charge in [0.15, 0.2) is 0 Å². The van der Waals surface area contributed by atoms with Crippen molar-refractivity contribution < 1.29 is 17.9 Å². The van der Waals surface area contributed by atoms with Crippen molar-refractivity contribution in [2.24, 2.45) is 5.73 Å². The maximum atomic E-state index is 12.7. The molecule has 0 aromatic heterocycles. The molecule has 6 heteroatoms. The first kappa shape index (κ1) is 15.7. The number of nitrogens with two attached hydrogens (primary N) is 1. The topological polar surface area (TPSA) is 35.2 Å². The summed E-state index contributed by atoms with van der Waals surface area (Å²) in [6.45, 7) is 0.0518. The molecule has 0 spiro atoms. The second-order valence-electron chi connectivity index (χ2n) is 4.31. The van der Waals surface area contributed by atoms with Gasteiger partial charge in [-0.3, -0.25) is 0 Å². The van der Waals surface area contributed by atoms with Crippen LogP contribution in [0.5, 0.6) is 5.75 Å². The molecule has 0 bridgehead atoms. The lowest BCUT2D eigenvalue weighted by atomic mass is 10.1. The number of hydrogen-bond acceptors (Lipinski definition) is 3. The van der Waals surface area contributed by atoms with Gasteiger partial charge in [-0.1, -0.05) is 17.8 Å². The molecule has 2 rings (SSSR count). The largest absolute Gasteiger partial charge is 0.497 e. The summed E-state index contributed by atoms with van der Waals surface area (Å²) in [5.74, 6) is 0.696. The second kappa shape index (κ2) is 6.41. The first-order chi connectivity index (χ1) is 9.94. The highest BCUT2D eigenvalue weighted by Gasteiger charge is 2.30. The first-order valence-electron chi connectivity index (χ1n) is 6.16. The van der Waals surface area contributed by atoms with Gasteiger partial charge in [0, 0.05) is 16.3 Å². The summed E-state index contributed by atoms with van der Waals surface area (Å²) in [6.07, 6.45) is -4.36. The molecule has 0 saturated heterocycles. The standard InChI is InChI=1S/C15H14F3NOS/c1-20-12-3-2-4-13(8-12)21-14-6-5-11(15(16,17)18)7-10(14)9-19/h2-8H,9,19H2,1H3. The molecule has 0 unspecified atom stereocenters. The summed E-state index contributed by atoms with van der Waals surface area (Å²) >= 11 is 1.36. The molecule has 0 aliphatic rings. The molecule has 2 nitrogen and oxygen atoms in total. The van der Waals surface area contributed by atoms with Gasteiger partial charge in [0.25, 0.3) is 0 Å². The fourth-order valence-electron chi connectivity index (χ4n) is 1.81. The summed E-state index contributed by atoms with van der Waals surface area (Å²) in [7, 11) is 1.56. The van der Waals surface area contributed by atoms with Crippen molar-refractivity contribution in [2.45, 2.75) is 22.5 Å². The Hall–Kier alpha value is -1.66.